The Morgan fingerprint density at radius 2 is 2.05 bits per heavy atom. The van der Waals surface area contributed by atoms with Crippen LogP contribution in [0.2, 0.25) is 0 Å². The molecule has 5 heteroatoms. The molecule has 0 aliphatic carbocycles. The van der Waals surface area contributed by atoms with Crippen molar-refractivity contribution < 1.29 is 9.47 Å². The summed E-state index contributed by atoms with van der Waals surface area (Å²) in [4.78, 5) is 6.97. The van der Waals surface area contributed by atoms with E-state index in [1.165, 1.54) is 5.56 Å². The quantitative estimate of drug-likeness (QED) is 0.856. The molecule has 4 atom stereocenters. The Kier molecular flexibility index (Phi) is 3.31. The van der Waals surface area contributed by atoms with Gasteiger partial charge >= 0.3 is 0 Å². The third-order valence-corrected chi connectivity index (χ3v) is 4.97. The molecule has 0 amide bonds. The van der Waals surface area contributed by atoms with Gasteiger partial charge in [-0.3, -0.25) is 0 Å². The molecule has 0 saturated carbocycles. The van der Waals surface area contributed by atoms with Crippen molar-refractivity contribution in [3.63, 3.8) is 0 Å². The highest BCUT2D eigenvalue weighted by molar-refractivity contribution is 5.49. The van der Waals surface area contributed by atoms with Crippen molar-refractivity contribution in [3.8, 4) is 5.75 Å². The Hall–Kier alpha value is -1.33. The number of anilines is 1. The Balaban J connectivity index is 1.55. The molecule has 0 aromatic carbocycles. The Morgan fingerprint density at radius 3 is 2.73 bits per heavy atom. The number of hydrogen-bond donors (Lipinski definition) is 1. The number of ether oxygens (including phenoxy) is 2. The summed E-state index contributed by atoms with van der Waals surface area (Å²) in [5.41, 5.74) is 1.25. The van der Waals surface area contributed by atoms with Gasteiger partial charge in [0.2, 0.25) is 0 Å². The van der Waals surface area contributed by atoms with E-state index in [2.05, 4.69) is 42.0 Å². The molecule has 4 rings (SSSR count). The van der Waals surface area contributed by atoms with Crippen LogP contribution in [-0.4, -0.2) is 48.5 Å². The van der Waals surface area contributed by atoms with Gasteiger partial charge in [0.05, 0.1) is 18.4 Å². The molecule has 3 aliphatic heterocycles. The molecule has 0 bridgehead atoms. The lowest BCUT2D eigenvalue weighted by Crippen LogP contribution is -2.45. The van der Waals surface area contributed by atoms with Crippen molar-refractivity contribution in [1.29, 1.82) is 0 Å². The van der Waals surface area contributed by atoms with Gasteiger partial charge in [-0.1, -0.05) is 0 Å². The van der Waals surface area contributed by atoms with E-state index >= 15 is 0 Å². The summed E-state index contributed by atoms with van der Waals surface area (Å²) in [6, 6.07) is 2.75. The van der Waals surface area contributed by atoms with Crippen LogP contribution in [0.25, 0.3) is 0 Å². The van der Waals surface area contributed by atoms with Gasteiger partial charge < -0.3 is 19.7 Å². The van der Waals surface area contributed by atoms with Crippen molar-refractivity contribution in [2.75, 3.05) is 24.5 Å². The van der Waals surface area contributed by atoms with Crippen molar-refractivity contribution in [3.05, 3.63) is 17.8 Å². The van der Waals surface area contributed by atoms with Gasteiger partial charge in [-0.15, -0.1) is 0 Å². The molecule has 3 aliphatic rings. The number of pyridine rings is 1. The van der Waals surface area contributed by atoms with Gasteiger partial charge in [0.15, 0.2) is 0 Å². The second-order valence-corrected chi connectivity index (χ2v) is 7.26. The second kappa shape index (κ2) is 5.10. The second-order valence-electron chi connectivity index (χ2n) is 7.26. The highest BCUT2D eigenvalue weighted by atomic mass is 16.5. The number of aromatic nitrogens is 1. The molecule has 0 radical (unpaired) electrons. The molecule has 2 fully saturated rings. The monoisotopic (exact) mass is 303 g/mol. The molecule has 1 spiro atoms. The standard InChI is InChI=1S/C17H25N3O2/c1-11-5-17(10-19-11)6-14-4-16(18-7-15(14)22-17)20-8-12(2)21-13(3)9-20/h4,7,11-13,19H,5-6,8-10H2,1-3H3/t11?,12-,13-,17?/m0/s1. The van der Waals surface area contributed by atoms with Crippen LogP contribution in [0.3, 0.4) is 0 Å². The van der Waals surface area contributed by atoms with E-state index in [4.69, 9.17) is 9.47 Å². The van der Waals surface area contributed by atoms with Crippen LogP contribution in [0.15, 0.2) is 12.3 Å². The fourth-order valence-corrected chi connectivity index (χ4v) is 4.13. The first-order chi connectivity index (χ1) is 10.5. The van der Waals surface area contributed by atoms with E-state index < -0.39 is 0 Å². The molecule has 1 aromatic rings. The number of fused-ring (bicyclic) bond motifs is 1. The zero-order valence-corrected chi connectivity index (χ0v) is 13.6. The van der Waals surface area contributed by atoms with E-state index in [1.807, 2.05) is 6.20 Å². The molecule has 22 heavy (non-hydrogen) atoms. The topological polar surface area (TPSA) is 46.6 Å². The zero-order valence-electron chi connectivity index (χ0n) is 13.6. The zero-order chi connectivity index (χ0) is 15.3. The van der Waals surface area contributed by atoms with Crippen LogP contribution in [0.5, 0.6) is 5.75 Å². The molecule has 2 saturated heterocycles. The Morgan fingerprint density at radius 1 is 1.27 bits per heavy atom. The van der Waals surface area contributed by atoms with Gasteiger partial charge in [0.1, 0.15) is 17.2 Å². The van der Waals surface area contributed by atoms with Crippen LogP contribution >= 0.6 is 0 Å². The van der Waals surface area contributed by atoms with E-state index in [-0.39, 0.29) is 17.8 Å². The maximum atomic E-state index is 6.24. The maximum Gasteiger partial charge on any atom is 0.142 e. The van der Waals surface area contributed by atoms with E-state index in [0.717, 1.165) is 44.0 Å². The van der Waals surface area contributed by atoms with Crippen LogP contribution < -0.4 is 15.0 Å². The van der Waals surface area contributed by atoms with Crippen LogP contribution in [0.4, 0.5) is 5.82 Å². The summed E-state index contributed by atoms with van der Waals surface area (Å²) < 4.78 is 12.1. The third-order valence-electron chi connectivity index (χ3n) is 4.97. The lowest BCUT2D eigenvalue weighted by atomic mass is 9.95. The van der Waals surface area contributed by atoms with Gasteiger partial charge in [0, 0.05) is 44.1 Å². The summed E-state index contributed by atoms with van der Waals surface area (Å²) in [7, 11) is 0. The van der Waals surface area contributed by atoms with Crippen LogP contribution in [0.1, 0.15) is 32.8 Å². The predicted octanol–water partition coefficient (Wildman–Crippen LogP) is 1.75. The third kappa shape index (κ3) is 2.46. The maximum absolute atomic E-state index is 6.24. The highest BCUT2D eigenvalue weighted by Crippen LogP contribution is 2.40. The summed E-state index contributed by atoms with van der Waals surface area (Å²) >= 11 is 0. The van der Waals surface area contributed by atoms with Gasteiger partial charge in [-0.25, -0.2) is 4.98 Å². The minimum atomic E-state index is -0.0480. The smallest absolute Gasteiger partial charge is 0.142 e. The SMILES string of the molecule is CC1CC2(CN1)Cc1cc(N3C[C@H](C)O[C@@H](C)C3)ncc1O2. The fourth-order valence-electron chi connectivity index (χ4n) is 4.13. The minimum absolute atomic E-state index is 0.0480. The fraction of sp³-hybridized carbons (Fsp3) is 0.706. The molecule has 5 nitrogen and oxygen atoms in total. The average molecular weight is 303 g/mol. The predicted molar refractivity (Wildman–Crippen MR) is 85.6 cm³/mol. The largest absolute Gasteiger partial charge is 0.484 e. The normalized spacial score (nSPS) is 37.4. The van der Waals surface area contributed by atoms with E-state index in [0.29, 0.717) is 6.04 Å². The van der Waals surface area contributed by atoms with Crippen LogP contribution in [0, 0.1) is 0 Å². The number of morpholine rings is 1. The summed E-state index contributed by atoms with van der Waals surface area (Å²) in [6.07, 6.45) is 4.48. The van der Waals surface area contributed by atoms with Crippen molar-refractivity contribution in [1.82, 2.24) is 10.3 Å². The molecule has 1 N–H and O–H groups in total. The van der Waals surface area contributed by atoms with E-state index in [9.17, 15) is 0 Å². The first-order valence-corrected chi connectivity index (χ1v) is 8.35. The van der Waals surface area contributed by atoms with Crippen molar-refractivity contribution in [2.45, 2.75) is 57.5 Å². The van der Waals surface area contributed by atoms with Crippen molar-refractivity contribution in [2.24, 2.45) is 0 Å². The number of nitrogens with one attached hydrogen (secondary N) is 1. The highest BCUT2D eigenvalue weighted by Gasteiger charge is 2.44. The summed E-state index contributed by atoms with van der Waals surface area (Å²) in [5, 5.41) is 3.50. The average Bonchev–Trinajstić information content (AvgIpc) is 2.99. The summed E-state index contributed by atoms with van der Waals surface area (Å²) in [5.74, 6) is 2.02. The number of nitrogens with zero attached hydrogens (tertiary/aromatic N) is 2. The van der Waals surface area contributed by atoms with E-state index in [1.54, 1.807) is 0 Å². The van der Waals surface area contributed by atoms with Gasteiger partial charge in [-0.2, -0.15) is 0 Å². The van der Waals surface area contributed by atoms with Crippen molar-refractivity contribution >= 4 is 5.82 Å². The lowest BCUT2D eigenvalue weighted by Gasteiger charge is -2.36. The molecule has 1 aromatic heterocycles. The van der Waals surface area contributed by atoms with Gasteiger partial charge in [0.25, 0.3) is 0 Å². The first-order valence-electron chi connectivity index (χ1n) is 8.35. The molecular weight excluding hydrogens is 278 g/mol. The minimum Gasteiger partial charge on any atom is -0.484 e. The molecular formula is C17H25N3O2. The molecule has 2 unspecified atom stereocenters. The number of hydrogen-bond acceptors (Lipinski definition) is 5. The Bertz CT molecular complexity index is 569. The van der Waals surface area contributed by atoms with Gasteiger partial charge in [-0.05, 0) is 26.8 Å². The Labute approximate surface area is 132 Å². The van der Waals surface area contributed by atoms with Crippen LogP contribution in [-0.2, 0) is 11.2 Å². The number of rotatable bonds is 1. The molecule has 120 valence electrons. The molecule has 4 heterocycles. The summed E-state index contributed by atoms with van der Waals surface area (Å²) in [6.45, 7) is 9.21. The first kappa shape index (κ1) is 14.3. The lowest BCUT2D eigenvalue weighted by molar-refractivity contribution is -0.00546.